The van der Waals surface area contributed by atoms with Crippen LogP contribution in [0.15, 0.2) is 24.3 Å². The Bertz CT molecular complexity index is 560. The highest BCUT2D eigenvalue weighted by atomic mass is 16.5. The van der Waals surface area contributed by atoms with E-state index >= 15 is 0 Å². The molecule has 118 valence electrons. The third-order valence-electron chi connectivity index (χ3n) is 4.21. The van der Waals surface area contributed by atoms with Crippen molar-refractivity contribution in [2.45, 2.75) is 38.9 Å². The van der Waals surface area contributed by atoms with Crippen molar-refractivity contribution in [1.82, 2.24) is 4.90 Å². The average molecular weight is 302 g/mol. The predicted molar refractivity (Wildman–Crippen MR) is 83.9 cm³/mol. The number of morpholine rings is 1. The van der Waals surface area contributed by atoms with E-state index in [9.17, 15) is 9.59 Å². The second kappa shape index (κ2) is 6.08. The molecule has 0 unspecified atom stereocenters. The maximum absolute atomic E-state index is 12.6. The molecule has 0 N–H and O–H groups in total. The number of hydrogen-bond donors (Lipinski definition) is 0. The Morgan fingerprint density at radius 3 is 2.32 bits per heavy atom. The highest BCUT2D eigenvalue weighted by Gasteiger charge is 2.27. The zero-order valence-electron chi connectivity index (χ0n) is 13.1. The number of carbonyl (C=O) groups excluding carboxylic acids is 2. The number of benzene rings is 1. The Kier molecular flexibility index (Phi) is 4.16. The Morgan fingerprint density at radius 2 is 1.77 bits per heavy atom. The summed E-state index contributed by atoms with van der Waals surface area (Å²) in [5.74, 6) is 0.191. The lowest BCUT2D eigenvalue weighted by molar-refractivity contribution is -0.117. The molecule has 1 aromatic rings. The molecule has 22 heavy (non-hydrogen) atoms. The van der Waals surface area contributed by atoms with Crippen LogP contribution in [0.2, 0.25) is 0 Å². The van der Waals surface area contributed by atoms with Crippen LogP contribution in [0.1, 0.15) is 37.0 Å². The molecule has 0 saturated carbocycles. The van der Waals surface area contributed by atoms with Gasteiger partial charge in [0.2, 0.25) is 5.91 Å². The van der Waals surface area contributed by atoms with Crippen molar-refractivity contribution in [2.24, 2.45) is 0 Å². The molecule has 0 spiro atoms. The fourth-order valence-corrected chi connectivity index (χ4v) is 3.23. The first kappa shape index (κ1) is 15.0. The van der Waals surface area contributed by atoms with Gasteiger partial charge in [-0.05, 0) is 44.5 Å². The summed E-state index contributed by atoms with van der Waals surface area (Å²) in [5.41, 5.74) is 1.54. The zero-order chi connectivity index (χ0) is 15.7. The molecule has 2 aliphatic heterocycles. The Morgan fingerprint density at radius 1 is 1.14 bits per heavy atom. The number of ether oxygens (including phenoxy) is 1. The SMILES string of the molecule is C[C@@H]1CN(C(=O)c2ccc(N3CCCC3=O)cc2)C[C@H](C)O1. The maximum Gasteiger partial charge on any atom is 0.254 e. The minimum Gasteiger partial charge on any atom is -0.372 e. The molecule has 1 aromatic carbocycles. The van der Waals surface area contributed by atoms with Gasteiger partial charge in [0.05, 0.1) is 12.2 Å². The normalized spacial score (nSPS) is 25.6. The predicted octanol–water partition coefficient (Wildman–Crippen LogP) is 2.06. The topological polar surface area (TPSA) is 49.9 Å². The summed E-state index contributed by atoms with van der Waals surface area (Å²) in [4.78, 5) is 28.0. The van der Waals surface area contributed by atoms with Crippen LogP contribution in [0.25, 0.3) is 0 Å². The molecule has 2 saturated heterocycles. The van der Waals surface area contributed by atoms with Gasteiger partial charge in [-0.3, -0.25) is 9.59 Å². The van der Waals surface area contributed by atoms with Crippen molar-refractivity contribution in [3.8, 4) is 0 Å². The van der Waals surface area contributed by atoms with Gasteiger partial charge in [-0.25, -0.2) is 0 Å². The number of amides is 2. The van der Waals surface area contributed by atoms with E-state index in [2.05, 4.69) is 0 Å². The second-order valence-electron chi connectivity index (χ2n) is 6.16. The molecule has 0 bridgehead atoms. The number of carbonyl (C=O) groups is 2. The van der Waals surface area contributed by atoms with Gasteiger partial charge in [-0.15, -0.1) is 0 Å². The smallest absolute Gasteiger partial charge is 0.254 e. The van der Waals surface area contributed by atoms with Crippen molar-refractivity contribution in [3.63, 3.8) is 0 Å². The second-order valence-corrected chi connectivity index (χ2v) is 6.16. The van der Waals surface area contributed by atoms with E-state index in [-0.39, 0.29) is 24.0 Å². The van der Waals surface area contributed by atoms with E-state index in [0.717, 1.165) is 18.7 Å². The summed E-state index contributed by atoms with van der Waals surface area (Å²) >= 11 is 0. The van der Waals surface area contributed by atoms with Crippen LogP contribution in [0.5, 0.6) is 0 Å². The van der Waals surface area contributed by atoms with E-state index in [1.54, 1.807) is 4.90 Å². The lowest BCUT2D eigenvalue weighted by Gasteiger charge is -2.35. The van der Waals surface area contributed by atoms with Crippen molar-refractivity contribution in [1.29, 1.82) is 0 Å². The fraction of sp³-hybridized carbons (Fsp3) is 0.529. The van der Waals surface area contributed by atoms with Crippen LogP contribution in [-0.2, 0) is 9.53 Å². The van der Waals surface area contributed by atoms with Gasteiger partial charge in [0, 0.05) is 37.3 Å². The standard InChI is InChI=1S/C17H22N2O3/c1-12-10-18(11-13(2)22-12)17(21)14-5-7-15(8-6-14)19-9-3-4-16(19)20/h5-8,12-13H,3-4,9-11H2,1-2H3/t12-,13+. The summed E-state index contributed by atoms with van der Waals surface area (Å²) in [5, 5.41) is 0. The maximum atomic E-state index is 12.6. The van der Waals surface area contributed by atoms with E-state index in [1.165, 1.54) is 0 Å². The number of rotatable bonds is 2. The van der Waals surface area contributed by atoms with Crippen molar-refractivity contribution < 1.29 is 14.3 Å². The van der Waals surface area contributed by atoms with Crippen LogP contribution in [0, 0.1) is 0 Å². The van der Waals surface area contributed by atoms with Gasteiger partial charge >= 0.3 is 0 Å². The van der Waals surface area contributed by atoms with Crippen LogP contribution in [0.4, 0.5) is 5.69 Å². The van der Waals surface area contributed by atoms with Crippen LogP contribution in [0.3, 0.4) is 0 Å². The lowest BCUT2D eigenvalue weighted by atomic mass is 10.1. The molecule has 5 heteroatoms. The molecule has 0 aliphatic carbocycles. The Labute approximate surface area is 130 Å². The minimum absolute atomic E-state index is 0.0290. The highest BCUT2D eigenvalue weighted by molar-refractivity contribution is 5.97. The van der Waals surface area contributed by atoms with Gasteiger partial charge in [0.1, 0.15) is 0 Å². The van der Waals surface area contributed by atoms with Crippen molar-refractivity contribution in [3.05, 3.63) is 29.8 Å². The average Bonchev–Trinajstić information content (AvgIpc) is 2.92. The molecule has 2 atom stereocenters. The van der Waals surface area contributed by atoms with Crippen LogP contribution in [-0.4, -0.2) is 48.6 Å². The van der Waals surface area contributed by atoms with Gasteiger partial charge in [-0.1, -0.05) is 0 Å². The lowest BCUT2D eigenvalue weighted by Crippen LogP contribution is -2.48. The summed E-state index contributed by atoms with van der Waals surface area (Å²) in [6.07, 6.45) is 1.65. The summed E-state index contributed by atoms with van der Waals surface area (Å²) < 4.78 is 5.66. The van der Waals surface area contributed by atoms with E-state index < -0.39 is 0 Å². The Hall–Kier alpha value is -1.88. The van der Waals surface area contributed by atoms with Crippen molar-refractivity contribution >= 4 is 17.5 Å². The molecule has 2 fully saturated rings. The third kappa shape index (κ3) is 2.99. The van der Waals surface area contributed by atoms with Gasteiger partial charge in [0.15, 0.2) is 0 Å². The molecular formula is C17H22N2O3. The quantitative estimate of drug-likeness (QED) is 0.840. The van der Waals surface area contributed by atoms with Crippen LogP contribution < -0.4 is 4.90 Å². The molecule has 3 rings (SSSR count). The molecule has 2 heterocycles. The number of anilines is 1. The molecular weight excluding hydrogens is 280 g/mol. The van der Waals surface area contributed by atoms with Gasteiger partial charge < -0.3 is 14.5 Å². The zero-order valence-corrected chi connectivity index (χ0v) is 13.1. The molecule has 5 nitrogen and oxygen atoms in total. The first-order valence-corrected chi connectivity index (χ1v) is 7.90. The fourth-order valence-electron chi connectivity index (χ4n) is 3.23. The first-order valence-electron chi connectivity index (χ1n) is 7.90. The summed E-state index contributed by atoms with van der Waals surface area (Å²) in [6, 6.07) is 7.36. The van der Waals surface area contributed by atoms with E-state index in [1.807, 2.05) is 43.0 Å². The largest absolute Gasteiger partial charge is 0.372 e. The highest BCUT2D eigenvalue weighted by Crippen LogP contribution is 2.22. The van der Waals surface area contributed by atoms with Crippen LogP contribution >= 0.6 is 0 Å². The van der Waals surface area contributed by atoms with Gasteiger partial charge in [0.25, 0.3) is 5.91 Å². The molecule has 2 aliphatic rings. The summed E-state index contributed by atoms with van der Waals surface area (Å²) in [6.45, 7) is 5.98. The Balaban J connectivity index is 1.72. The number of hydrogen-bond acceptors (Lipinski definition) is 3. The van der Waals surface area contributed by atoms with E-state index in [4.69, 9.17) is 4.74 Å². The number of nitrogens with zero attached hydrogens (tertiary/aromatic N) is 2. The van der Waals surface area contributed by atoms with E-state index in [0.29, 0.717) is 25.1 Å². The third-order valence-corrected chi connectivity index (χ3v) is 4.21. The molecule has 2 amide bonds. The van der Waals surface area contributed by atoms with Gasteiger partial charge in [-0.2, -0.15) is 0 Å². The molecule has 0 aromatic heterocycles. The molecule has 0 radical (unpaired) electrons. The minimum atomic E-state index is 0.0290. The van der Waals surface area contributed by atoms with Crippen molar-refractivity contribution in [2.75, 3.05) is 24.5 Å². The monoisotopic (exact) mass is 302 g/mol. The summed E-state index contributed by atoms with van der Waals surface area (Å²) in [7, 11) is 0. The first-order chi connectivity index (χ1) is 10.5.